The lowest BCUT2D eigenvalue weighted by molar-refractivity contribution is 0.273. The van der Waals surface area contributed by atoms with Gasteiger partial charge in [-0.3, -0.25) is 4.79 Å². The van der Waals surface area contributed by atoms with E-state index < -0.39 is 0 Å². The number of ether oxygens (including phenoxy) is 1. The molecule has 0 saturated carbocycles. The number of hydrogen-bond donors (Lipinski definition) is 2. The van der Waals surface area contributed by atoms with Crippen LogP contribution in [-0.2, 0) is 0 Å². The predicted octanol–water partition coefficient (Wildman–Crippen LogP) is 0.802. The van der Waals surface area contributed by atoms with Crippen LogP contribution in [0.15, 0.2) is 11.1 Å². The van der Waals surface area contributed by atoms with E-state index in [-0.39, 0.29) is 16.5 Å². The minimum absolute atomic E-state index is 0.0204. The third-order valence-electron chi connectivity index (χ3n) is 2.69. The maximum absolute atomic E-state index is 11.1. The third kappa shape index (κ3) is 2.74. The van der Waals surface area contributed by atoms with Gasteiger partial charge in [0.05, 0.1) is 12.9 Å². The lowest BCUT2D eigenvalue weighted by Gasteiger charge is -2.09. The Morgan fingerprint density at radius 3 is 3.25 bits per heavy atom. The summed E-state index contributed by atoms with van der Waals surface area (Å²) in [5, 5.41) is 3.31. The number of aromatic amines is 1. The Kier molecular flexibility index (Phi) is 3.79. The van der Waals surface area contributed by atoms with Gasteiger partial charge in [-0.15, -0.1) is 0 Å². The Balaban J connectivity index is 1.84. The molecule has 1 saturated heterocycles. The molecule has 1 aromatic rings. The van der Waals surface area contributed by atoms with Crippen LogP contribution in [0, 0.1) is 5.92 Å². The maximum atomic E-state index is 11.1. The average Bonchev–Trinajstić information content (AvgIpc) is 2.77. The molecule has 88 valence electrons. The van der Waals surface area contributed by atoms with Crippen molar-refractivity contribution in [1.29, 1.82) is 0 Å². The van der Waals surface area contributed by atoms with Crippen LogP contribution in [0.4, 0.5) is 0 Å². The van der Waals surface area contributed by atoms with Crippen LogP contribution in [0.1, 0.15) is 12.8 Å². The first-order chi connectivity index (χ1) is 7.77. The molecule has 0 aromatic carbocycles. The second-order valence-electron chi connectivity index (χ2n) is 3.85. The largest absolute Gasteiger partial charge is 0.476 e. The maximum Gasteiger partial charge on any atom is 0.273 e. The summed E-state index contributed by atoms with van der Waals surface area (Å²) in [6, 6.07) is 0. The molecule has 2 rings (SSSR count). The van der Waals surface area contributed by atoms with Gasteiger partial charge in [0.2, 0.25) is 5.88 Å². The lowest BCUT2D eigenvalue weighted by atomic mass is 10.1. The van der Waals surface area contributed by atoms with Gasteiger partial charge >= 0.3 is 0 Å². The molecule has 1 aliphatic rings. The molecular weight excluding hydrogens is 230 g/mol. The van der Waals surface area contributed by atoms with E-state index in [0.29, 0.717) is 12.5 Å². The standard InChI is InChI=1S/C10H14ClN3O2/c11-8-9(15)13-6-14-10(8)16-4-2-7-1-3-12-5-7/h6-7,12H,1-5H2,(H,13,14,15). The molecule has 2 heterocycles. The molecule has 1 aliphatic heterocycles. The van der Waals surface area contributed by atoms with Crippen LogP contribution in [0.5, 0.6) is 5.88 Å². The van der Waals surface area contributed by atoms with Crippen molar-refractivity contribution in [3.05, 3.63) is 21.7 Å². The Morgan fingerprint density at radius 1 is 1.62 bits per heavy atom. The fraction of sp³-hybridized carbons (Fsp3) is 0.600. The lowest BCUT2D eigenvalue weighted by Crippen LogP contribution is -2.14. The second-order valence-corrected chi connectivity index (χ2v) is 4.22. The average molecular weight is 244 g/mol. The summed E-state index contributed by atoms with van der Waals surface area (Å²) >= 11 is 5.75. The zero-order valence-electron chi connectivity index (χ0n) is 8.83. The number of H-pyrrole nitrogens is 1. The van der Waals surface area contributed by atoms with Crippen molar-refractivity contribution in [2.24, 2.45) is 5.92 Å². The Hall–Kier alpha value is -1.07. The van der Waals surface area contributed by atoms with Crippen molar-refractivity contribution in [2.75, 3.05) is 19.7 Å². The van der Waals surface area contributed by atoms with Crippen molar-refractivity contribution in [1.82, 2.24) is 15.3 Å². The van der Waals surface area contributed by atoms with E-state index >= 15 is 0 Å². The van der Waals surface area contributed by atoms with Crippen LogP contribution < -0.4 is 15.6 Å². The second kappa shape index (κ2) is 5.32. The topological polar surface area (TPSA) is 67.0 Å². The van der Waals surface area contributed by atoms with Crippen molar-refractivity contribution in [3.8, 4) is 5.88 Å². The molecule has 1 fully saturated rings. The predicted molar refractivity (Wildman–Crippen MR) is 61.0 cm³/mol. The summed E-state index contributed by atoms with van der Waals surface area (Å²) in [4.78, 5) is 17.4. The van der Waals surface area contributed by atoms with Gasteiger partial charge in [-0.1, -0.05) is 11.6 Å². The zero-order chi connectivity index (χ0) is 11.4. The highest BCUT2D eigenvalue weighted by Crippen LogP contribution is 2.17. The highest BCUT2D eigenvalue weighted by molar-refractivity contribution is 6.31. The molecule has 5 nitrogen and oxygen atoms in total. The molecule has 0 radical (unpaired) electrons. The van der Waals surface area contributed by atoms with Gasteiger partial charge in [0, 0.05) is 0 Å². The number of nitrogens with zero attached hydrogens (tertiary/aromatic N) is 1. The van der Waals surface area contributed by atoms with Crippen LogP contribution in [0.25, 0.3) is 0 Å². The molecule has 0 spiro atoms. The van der Waals surface area contributed by atoms with Crippen molar-refractivity contribution in [3.63, 3.8) is 0 Å². The first kappa shape index (κ1) is 11.4. The number of hydrogen-bond acceptors (Lipinski definition) is 4. The molecule has 1 aromatic heterocycles. The highest BCUT2D eigenvalue weighted by Gasteiger charge is 2.14. The summed E-state index contributed by atoms with van der Waals surface area (Å²) in [7, 11) is 0. The summed E-state index contributed by atoms with van der Waals surface area (Å²) in [5.74, 6) is 0.872. The molecular formula is C10H14ClN3O2. The summed E-state index contributed by atoms with van der Waals surface area (Å²) in [5.41, 5.74) is -0.366. The third-order valence-corrected chi connectivity index (χ3v) is 3.03. The Morgan fingerprint density at radius 2 is 2.50 bits per heavy atom. The Labute approximate surface area is 98.2 Å². The minimum Gasteiger partial charge on any atom is -0.476 e. The van der Waals surface area contributed by atoms with Crippen LogP contribution in [-0.4, -0.2) is 29.7 Å². The first-order valence-electron chi connectivity index (χ1n) is 5.34. The molecule has 0 amide bonds. The monoisotopic (exact) mass is 243 g/mol. The van der Waals surface area contributed by atoms with Gasteiger partial charge in [-0.05, 0) is 31.8 Å². The van der Waals surface area contributed by atoms with Gasteiger partial charge in [0.25, 0.3) is 5.56 Å². The van der Waals surface area contributed by atoms with Gasteiger partial charge in [-0.2, -0.15) is 0 Å². The fourth-order valence-corrected chi connectivity index (χ4v) is 1.91. The van der Waals surface area contributed by atoms with E-state index in [0.717, 1.165) is 19.5 Å². The SMILES string of the molecule is O=c1[nH]cnc(OCCC2CCNC2)c1Cl. The molecule has 0 aliphatic carbocycles. The summed E-state index contributed by atoms with van der Waals surface area (Å²) in [6.07, 6.45) is 3.43. The van der Waals surface area contributed by atoms with E-state index in [1.54, 1.807) is 0 Å². The fourth-order valence-electron chi connectivity index (χ4n) is 1.75. The van der Waals surface area contributed by atoms with Crippen LogP contribution in [0.3, 0.4) is 0 Å². The smallest absolute Gasteiger partial charge is 0.273 e. The number of aromatic nitrogens is 2. The normalized spacial score (nSPS) is 19.9. The van der Waals surface area contributed by atoms with Crippen molar-refractivity contribution in [2.45, 2.75) is 12.8 Å². The Bertz CT molecular complexity index is 401. The summed E-state index contributed by atoms with van der Waals surface area (Å²) in [6.45, 7) is 2.66. The number of nitrogens with one attached hydrogen (secondary N) is 2. The van der Waals surface area contributed by atoms with Gasteiger partial charge < -0.3 is 15.0 Å². The molecule has 16 heavy (non-hydrogen) atoms. The van der Waals surface area contributed by atoms with Gasteiger partial charge in [0.1, 0.15) is 0 Å². The number of halogens is 1. The zero-order valence-corrected chi connectivity index (χ0v) is 9.59. The summed E-state index contributed by atoms with van der Waals surface area (Å²) < 4.78 is 5.39. The first-order valence-corrected chi connectivity index (χ1v) is 5.72. The van der Waals surface area contributed by atoms with E-state index in [1.807, 2.05) is 0 Å². The van der Waals surface area contributed by atoms with Gasteiger partial charge in [-0.25, -0.2) is 4.98 Å². The van der Waals surface area contributed by atoms with E-state index in [9.17, 15) is 4.79 Å². The van der Waals surface area contributed by atoms with Crippen molar-refractivity contribution < 1.29 is 4.74 Å². The molecule has 2 N–H and O–H groups in total. The number of rotatable bonds is 4. The van der Waals surface area contributed by atoms with Crippen molar-refractivity contribution >= 4 is 11.6 Å². The van der Waals surface area contributed by atoms with E-state index in [4.69, 9.17) is 16.3 Å². The molecule has 1 atom stereocenters. The van der Waals surface area contributed by atoms with E-state index in [2.05, 4.69) is 15.3 Å². The van der Waals surface area contributed by atoms with Gasteiger partial charge in [0.15, 0.2) is 5.02 Å². The van der Waals surface area contributed by atoms with Crippen LogP contribution in [0.2, 0.25) is 5.02 Å². The molecule has 6 heteroatoms. The van der Waals surface area contributed by atoms with E-state index in [1.165, 1.54) is 12.7 Å². The molecule has 1 unspecified atom stereocenters. The van der Waals surface area contributed by atoms with Crippen LogP contribution >= 0.6 is 11.6 Å². The highest BCUT2D eigenvalue weighted by atomic mass is 35.5. The quantitative estimate of drug-likeness (QED) is 0.821. The minimum atomic E-state index is -0.366. The molecule has 0 bridgehead atoms.